The Kier molecular flexibility index (Phi) is 9.08. The number of alkyl halides is 6. The van der Waals surface area contributed by atoms with Crippen molar-refractivity contribution in [1.29, 1.82) is 0 Å². The van der Waals surface area contributed by atoms with Crippen LogP contribution in [0.1, 0.15) is 41.0 Å². The molecule has 0 saturated carbocycles. The summed E-state index contributed by atoms with van der Waals surface area (Å²) >= 11 is 0.945. The van der Waals surface area contributed by atoms with Crippen molar-refractivity contribution in [3.63, 3.8) is 0 Å². The van der Waals surface area contributed by atoms with E-state index >= 15 is 0 Å². The maximum Gasteiger partial charge on any atom is 0.434 e. The van der Waals surface area contributed by atoms with Crippen molar-refractivity contribution in [1.82, 2.24) is 24.2 Å². The Labute approximate surface area is 229 Å². The van der Waals surface area contributed by atoms with Gasteiger partial charge in [0.15, 0.2) is 5.69 Å². The maximum absolute atomic E-state index is 12.9. The molecule has 0 spiro atoms. The second kappa shape index (κ2) is 12.3. The summed E-state index contributed by atoms with van der Waals surface area (Å²) in [6, 6.07) is 3.19. The first-order valence-corrected chi connectivity index (χ1v) is 13.0. The van der Waals surface area contributed by atoms with Crippen LogP contribution in [0.4, 0.5) is 42.8 Å². The smallest absolute Gasteiger partial charge is 0.434 e. The van der Waals surface area contributed by atoms with E-state index in [1.165, 1.54) is 6.20 Å². The molecule has 1 aliphatic heterocycles. The number of anilines is 3. The van der Waals surface area contributed by atoms with E-state index < -0.39 is 30.4 Å². The summed E-state index contributed by atoms with van der Waals surface area (Å²) in [6.45, 7) is 3.18. The van der Waals surface area contributed by atoms with Gasteiger partial charge < -0.3 is 20.3 Å². The van der Waals surface area contributed by atoms with Crippen LogP contribution in [-0.4, -0.2) is 62.6 Å². The van der Waals surface area contributed by atoms with Gasteiger partial charge >= 0.3 is 12.4 Å². The minimum Gasteiger partial charge on any atom is -0.477 e. The lowest BCUT2D eigenvalue weighted by Crippen LogP contribution is -2.37. The standard InChI is InChI=1S/C24H25F6N7O2S/c1-14-20(22(40-36-14)35-18-12-31-17(11-32-18)24(28,29)30)21(38)34-16-2-3-19(33-10-16)39-13-15-4-7-37(8-5-15)9-6-23(25,26)27/h2-3,10-12,15H,4-9,13H2,1H3,(H,32,35)(H,34,38). The molecule has 9 nitrogen and oxygen atoms in total. The van der Waals surface area contributed by atoms with E-state index in [9.17, 15) is 31.1 Å². The molecular formula is C24H25F6N7O2S. The molecule has 1 fully saturated rings. The highest BCUT2D eigenvalue weighted by Gasteiger charge is 2.33. The van der Waals surface area contributed by atoms with Crippen LogP contribution in [0, 0.1) is 12.8 Å². The second-order valence-corrected chi connectivity index (χ2v) is 9.96. The van der Waals surface area contributed by atoms with Crippen molar-refractivity contribution < 1.29 is 35.9 Å². The predicted octanol–water partition coefficient (Wildman–Crippen LogP) is 5.69. The Balaban J connectivity index is 1.27. The lowest BCUT2D eigenvalue weighted by atomic mass is 9.98. The molecular weight excluding hydrogens is 564 g/mol. The molecule has 0 aliphatic carbocycles. The average molecular weight is 590 g/mol. The Morgan fingerprint density at radius 3 is 2.42 bits per heavy atom. The molecule has 16 heteroatoms. The van der Waals surface area contributed by atoms with Gasteiger partial charge in [-0.1, -0.05) is 0 Å². The van der Waals surface area contributed by atoms with Gasteiger partial charge in [-0.25, -0.2) is 15.0 Å². The Hall–Kier alpha value is -3.53. The number of nitrogens with one attached hydrogen (secondary N) is 2. The van der Waals surface area contributed by atoms with Crippen molar-refractivity contribution in [2.75, 3.05) is 36.9 Å². The number of halogens is 6. The van der Waals surface area contributed by atoms with Crippen molar-refractivity contribution >= 4 is 33.9 Å². The first-order chi connectivity index (χ1) is 18.9. The summed E-state index contributed by atoms with van der Waals surface area (Å²) in [5.74, 6) is 0.0500. The van der Waals surface area contributed by atoms with Crippen LogP contribution in [0.15, 0.2) is 30.7 Å². The number of aryl methyl sites for hydroxylation is 1. The third-order valence-corrected chi connectivity index (χ3v) is 7.01. The lowest BCUT2D eigenvalue weighted by Gasteiger charge is -2.31. The normalized spacial score (nSPS) is 15.2. The van der Waals surface area contributed by atoms with Gasteiger partial charge in [0, 0.05) is 12.6 Å². The van der Waals surface area contributed by atoms with E-state index in [-0.39, 0.29) is 28.8 Å². The SMILES string of the molecule is Cc1nsc(Nc2cnc(C(F)(F)F)cn2)c1C(=O)Nc1ccc(OCC2CCN(CCC(F)(F)F)CC2)nc1. The van der Waals surface area contributed by atoms with Crippen LogP contribution >= 0.6 is 11.5 Å². The number of hydrogen-bond acceptors (Lipinski definition) is 9. The topological polar surface area (TPSA) is 105 Å². The number of nitrogens with zero attached hydrogens (tertiary/aromatic N) is 5. The fourth-order valence-electron chi connectivity index (χ4n) is 3.98. The monoisotopic (exact) mass is 589 g/mol. The van der Waals surface area contributed by atoms with E-state index in [0.29, 0.717) is 43.2 Å². The number of amides is 1. The number of hydrogen-bond donors (Lipinski definition) is 2. The number of piperidine rings is 1. The van der Waals surface area contributed by atoms with Gasteiger partial charge in [0.25, 0.3) is 5.91 Å². The van der Waals surface area contributed by atoms with Crippen molar-refractivity contribution in [3.8, 4) is 5.88 Å². The van der Waals surface area contributed by atoms with Crippen molar-refractivity contribution in [2.24, 2.45) is 5.92 Å². The van der Waals surface area contributed by atoms with E-state index in [1.54, 1.807) is 19.1 Å². The van der Waals surface area contributed by atoms with E-state index in [0.717, 1.165) is 30.6 Å². The average Bonchev–Trinajstić information content (AvgIpc) is 3.26. The fourth-order valence-corrected chi connectivity index (χ4v) is 4.78. The third kappa shape index (κ3) is 8.24. The molecule has 3 aromatic heterocycles. The molecule has 0 atom stereocenters. The number of likely N-dealkylation sites (tertiary alicyclic amines) is 1. The quantitative estimate of drug-likeness (QED) is 0.307. The molecule has 0 bridgehead atoms. The highest BCUT2D eigenvalue weighted by Crippen LogP contribution is 2.30. The number of carbonyl (C=O) groups is 1. The molecule has 2 N–H and O–H groups in total. The molecule has 4 rings (SSSR count). The zero-order valence-corrected chi connectivity index (χ0v) is 22.0. The summed E-state index contributed by atoms with van der Waals surface area (Å²) in [4.78, 5) is 26.0. The van der Waals surface area contributed by atoms with Gasteiger partial charge in [-0.05, 0) is 56.4 Å². The van der Waals surface area contributed by atoms with Crippen LogP contribution in [0.3, 0.4) is 0 Å². The van der Waals surface area contributed by atoms with Crippen molar-refractivity contribution in [2.45, 2.75) is 38.5 Å². The molecule has 1 amide bonds. The molecule has 4 heterocycles. The molecule has 0 unspecified atom stereocenters. The number of aromatic nitrogens is 4. The van der Waals surface area contributed by atoms with Crippen LogP contribution in [0.5, 0.6) is 5.88 Å². The van der Waals surface area contributed by atoms with Gasteiger partial charge in [0.1, 0.15) is 10.8 Å². The number of carbonyl (C=O) groups excluding carboxylic acids is 1. The van der Waals surface area contributed by atoms with Crippen LogP contribution in [-0.2, 0) is 6.18 Å². The highest BCUT2D eigenvalue weighted by atomic mass is 32.1. The number of rotatable bonds is 9. The van der Waals surface area contributed by atoms with Gasteiger partial charge in [-0.2, -0.15) is 30.7 Å². The van der Waals surface area contributed by atoms with Gasteiger partial charge in [0.05, 0.1) is 48.6 Å². The molecule has 0 radical (unpaired) electrons. The van der Waals surface area contributed by atoms with E-state index in [4.69, 9.17) is 4.74 Å². The predicted molar refractivity (Wildman–Crippen MR) is 135 cm³/mol. The van der Waals surface area contributed by atoms with Gasteiger partial charge in [-0.15, -0.1) is 0 Å². The van der Waals surface area contributed by atoms with Gasteiger partial charge in [-0.3, -0.25) is 4.79 Å². The Bertz CT molecular complexity index is 1270. The Morgan fingerprint density at radius 1 is 1.07 bits per heavy atom. The largest absolute Gasteiger partial charge is 0.477 e. The summed E-state index contributed by atoms with van der Waals surface area (Å²) in [5.41, 5.74) is -0.168. The molecule has 216 valence electrons. The molecule has 1 aliphatic rings. The zero-order chi connectivity index (χ0) is 28.9. The van der Waals surface area contributed by atoms with E-state index in [2.05, 4.69) is 30.0 Å². The zero-order valence-electron chi connectivity index (χ0n) is 21.1. The van der Waals surface area contributed by atoms with Crippen LogP contribution in [0.2, 0.25) is 0 Å². The summed E-state index contributed by atoms with van der Waals surface area (Å²) in [6.07, 6.45) is -5.20. The van der Waals surface area contributed by atoms with Crippen LogP contribution in [0.25, 0.3) is 0 Å². The van der Waals surface area contributed by atoms with Crippen LogP contribution < -0.4 is 15.4 Å². The molecule has 3 aromatic rings. The first-order valence-electron chi connectivity index (χ1n) is 12.2. The summed E-state index contributed by atoms with van der Waals surface area (Å²) in [5, 5.41) is 5.76. The number of pyridine rings is 1. The summed E-state index contributed by atoms with van der Waals surface area (Å²) < 4.78 is 85.3. The minimum absolute atomic E-state index is 0.00743. The van der Waals surface area contributed by atoms with Gasteiger partial charge in [0.2, 0.25) is 5.88 Å². The van der Waals surface area contributed by atoms with Crippen molar-refractivity contribution in [3.05, 3.63) is 47.7 Å². The van der Waals surface area contributed by atoms with E-state index in [1.807, 2.05) is 4.90 Å². The minimum atomic E-state index is -4.62. The summed E-state index contributed by atoms with van der Waals surface area (Å²) in [7, 11) is 0. The Morgan fingerprint density at radius 2 is 1.82 bits per heavy atom. The fraction of sp³-hybridized carbons (Fsp3) is 0.458. The molecule has 1 saturated heterocycles. The third-order valence-electron chi connectivity index (χ3n) is 6.15. The first kappa shape index (κ1) is 29.5. The second-order valence-electron chi connectivity index (χ2n) is 9.18. The maximum atomic E-state index is 12.9. The molecule has 40 heavy (non-hydrogen) atoms. The molecule has 0 aromatic carbocycles. The highest BCUT2D eigenvalue weighted by molar-refractivity contribution is 7.10. The lowest BCUT2D eigenvalue weighted by molar-refractivity contribution is -0.141. The number of ether oxygens (including phenoxy) is 1.